The molecule has 1 aliphatic heterocycles. The molecule has 0 spiro atoms. The summed E-state index contributed by atoms with van der Waals surface area (Å²) >= 11 is 1.44. The quantitative estimate of drug-likeness (QED) is 0.762. The molecule has 25 heavy (non-hydrogen) atoms. The number of hydrogen-bond acceptors (Lipinski definition) is 5. The summed E-state index contributed by atoms with van der Waals surface area (Å²) < 4.78 is 18.7. The van der Waals surface area contributed by atoms with Gasteiger partial charge in [0.15, 0.2) is 0 Å². The summed E-state index contributed by atoms with van der Waals surface area (Å²) in [6, 6.07) is 6.23. The standard InChI is InChI=1S/C18H20FN3O2S/c19-14-3-5-15(6-4-14)25-11-16(23)22-9-7-13(8-10-22)18-21-20-17(24-18)12-1-2-12/h3-6,12-13H,1-2,7-11H2. The highest BCUT2D eigenvalue weighted by Crippen LogP contribution is 2.40. The lowest BCUT2D eigenvalue weighted by atomic mass is 9.97. The number of carbonyl (C=O) groups excluding carboxylic acids is 1. The van der Waals surface area contributed by atoms with Gasteiger partial charge < -0.3 is 9.32 Å². The molecule has 2 aliphatic rings. The first-order chi connectivity index (χ1) is 12.2. The molecule has 1 amide bonds. The van der Waals surface area contributed by atoms with Crippen molar-refractivity contribution >= 4 is 17.7 Å². The van der Waals surface area contributed by atoms with Crippen molar-refractivity contribution in [2.45, 2.75) is 42.4 Å². The van der Waals surface area contributed by atoms with E-state index in [1.54, 1.807) is 12.1 Å². The van der Waals surface area contributed by atoms with Crippen LogP contribution in [0.1, 0.15) is 49.3 Å². The van der Waals surface area contributed by atoms with Crippen molar-refractivity contribution in [1.29, 1.82) is 0 Å². The van der Waals surface area contributed by atoms with Gasteiger partial charge in [0.05, 0.1) is 5.75 Å². The number of rotatable bonds is 5. The zero-order valence-electron chi connectivity index (χ0n) is 13.9. The van der Waals surface area contributed by atoms with Crippen LogP contribution in [0.25, 0.3) is 0 Å². The van der Waals surface area contributed by atoms with E-state index in [1.165, 1.54) is 23.9 Å². The van der Waals surface area contributed by atoms with Crippen molar-refractivity contribution in [3.05, 3.63) is 41.9 Å². The summed E-state index contributed by atoms with van der Waals surface area (Å²) in [5.74, 6) is 2.49. The van der Waals surface area contributed by atoms with E-state index in [4.69, 9.17) is 4.42 Å². The van der Waals surface area contributed by atoms with Gasteiger partial charge in [-0.25, -0.2) is 4.39 Å². The van der Waals surface area contributed by atoms with Crippen LogP contribution in [-0.4, -0.2) is 39.8 Å². The number of benzene rings is 1. The summed E-state index contributed by atoms with van der Waals surface area (Å²) in [6.45, 7) is 1.43. The van der Waals surface area contributed by atoms with E-state index in [0.717, 1.165) is 42.4 Å². The normalized spacial score (nSPS) is 18.5. The minimum atomic E-state index is -0.261. The van der Waals surface area contributed by atoms with Crippen LogP contribution in [0.5, 0.6) is 0 Å². The molecule has 0 bridgehead atoms. The molecule has 1 aliphatic carbocycles. The van der Waals surface area contributed by atoms with Crippen LogP contribution in [0.4, 0.5) is 4.39 Å². The number of piperidine rings is 1. The van der Waals surface area contributed by atoms with Crippen LogP contribution >= 0.6 is 11.8 Å². The zero-order valence-corrected chi connectivity index (χ0v) is 14.7. The zero-order chi connectivity index (χ0) is 17.2. The Morgan fingerprint density at radius 3 is 2.28 bits per heavy atom. The van der Waals surface area contributed by atoms with Crippen LogP contribution in [0, 0.1) is 5.82 Å². The van der Waals surface area contributed by atoms with Crippen LogP contribution < -0.4 is 0 Å². The molecular weight excluding hydrogens is 341 g/mol. The summed E-state index contributed by atoms with van der Waals surface area (Å²) in [5, 5.41) is 8.35. The Kier molecular flexibility index (Phi) is 4.74. The highest BCUT2D eigenvalue weighted by atomic mass is 32.2. The maximum atomic E-state index is 12.9. The Labute approximate surface area is 150 Å². The second-order valence-corrected chi connectivity index (χ2v) is 7.70. The molecule has 0 unspecified atom stereocenters. The average molecular weight is 361 g/mol. The molecule has 4 rings (SSSR count). The van der Waals surface area contributed by atoms with E-state index in [-0.39, 0.29) is 17.6 Å². The summed E-state index contributed by atoms with van der Waals surface area (Å²) in [5.41, 5.74) is 0. The van der Waals surface area contributed by atoms with E-state index in [9.17, 15) is 9.18 Å². The fraction of sp³-hybridized carbons (Fsp3) is 0.500. The molecule has 2 aromatic rings. The molecule has 0 radical (unpaired) electrons. The molecule has 1 aromatic heterocycles. The van der Waals surface area contributed by atoms with Crippen LogP contribution in [0.2, 0.25) is 0 Å². The molecule has 1 aromatic carbocycles. The van der Waals surface area contributed by atoms with Gasteiger partial charge in [-0.1, -0.05) is 0 Å². The second kappa shape index (κ2) is 7.15. The lowest BCUT2D eigenvalue weighted by Gasteiger charge is -2.30. The Bertz CT molecular complexity index is 737. The third-order valence-electron chi connectivity index (χ3n) is 4.76. The fourth-order valence-corrected chi connectivity index (χ4v) is 3.85. The molecule has 7 heteroatoms. The van der Waals surface area contributed by atoms with Gasteiger partial charge >= 0.3 is 0 Å². The maximum Gasteiger partial charge on any atom is 0.232 e. The lowest BCUT2D eigenvalue weighted by molar-refractivity contribution is -0.129. The highest BCUT2D eigenvalue weighted by molar-refractivity contribution is 8.00. The molecule has 0 N–H and O–H groups in total. The predicted octanol–water partition coefficient (Wildman–Crippen LogP) is 3.58. The predicted molar refractivity (Wildman–Crippen MR) is 92.0 cm³/mol. The number of halogens is 1. The third-order valence-corrected chi connectivity index (χ3v) is 5.75. The van der Waals surface area contributed by atoms with Gasteiger partial charge in [0.25, 0.3) is 0 Å². The van der Waals surface area contributed by atoms with Gasteiger partial charge in [-0.3, -0.25) is 4.79 Å². The van der Waals surface area contributed by atoms with Gasteiger partial charge in [0, 0.05) is 29.8 Å². The number of likely N-dealkylation sites (tertiary alicyclic amines) is 1. The molecule has 132 valence electrons. The van der Waals surface area contributed by atoms with Crippen molar-refractivity contribution in [3.8, 4) is 0 Å². The first kappa shape index (κ1) is 16.6. The highest BCUT2D eigenvalue weighted by Gasteiger charge is 2.32. The number of carbonyl (C=O) groups is 1. The van der Waals surface area contributed by atoms with Crippen molar-refractivity contribution in [3.63, 3.8) is 0 Å². The maximum absolute atomic E-state index is 12.9. The number of nitrogens with zero attached hydrogens (tertiary/aromatic N) is 3. The van der Waals surface area contributed by atoms with Crippen LogP contribution in [0.15, 0.2) is 33.6 Å². The van der Waals surface area contributed by atoms with E-state index < -0.39 is 0 Å². The van der Waals surface area contributed by atoms with E-state index >= 15 is 0 Å². The molecular formula is C18H20FN3O2S. The fourth-order valence-electron chi connectivity index (χ4n) is 3.05. The largest absolute Gasteiger partial charge is 0.425 e. The Hall–Kier alpha value is -1.89. The van der Waals surface area contributed by atoms with Crippen molar-refractivity contribution in [2.24, 2.45) is 0 Å². The minimum Gasteiger partial charge on any atom is -0.425 e. The van der Waals surface area contributed by atoms with Crippen molar-refractivity contribution in [1.82, 2.24) is 15.1 Å². The van der Waals surface area contributed by atoms with Gasteiger partial charge in [0.1, 0.15) is 5.82 Å². The molecule has 2 fully saturated rings. The summed E-state index contributed by atoms with van der Waals surface area (Å²) in [6.07, 6.45) is 4.03. The first-order valence-electron chi connectivity index (χ1n) is 8.68. The van der Waals surface area contributed by atoms with Crippen LogP contribution in [0.3, 0.4) is 0 Å². The molecule has 0 atom stereocenters. The Balaban J connectivity index is 1.25. The number of amides is 1. The summed E-state index contributed by atoms with van der Waals surface area (Å²) in [4.78, 5) is 15.2. The van der Waals surface area contributed by atoms with Gasteiger partial charge in [0.2, 0.25) is 17.7 Å². The monoisotopic (exact) mass is 361 g/mol. The Morgan fingerprint density at radius 1 is 1.08 bits per heavy atom. The smallest absolute Gasteiger partial charge is 0.232 e. The van der Waals surface area contributed by atoms with E-state index in [1.807, 2.05) is 4.90 Å². The van der Waals surface area contributed by atoms with Crippen molar-refractivity contribution < 1.29 is 13.6 Å². The minimum absolute atomic E-state index is 0.122. The Morgan fingerprint density at radius 2 is 1.68 bits per heavy atom. The van der Waals surface area contributed by atoms with Crippen LogP contribution in [-0.2, 0) is 4.79 Å². The van der Waals surface area contributed by atoms with Crippen molar-refractivity contribution in [2.75, 3.05) is 18.8 Å². The van der Waals surface area contributed by atoms with Gasteiger partial charge in [-0.2, -0.15) is 0 Å². The van der Waals surface area contributed by atoms with E-state index in [0.29, 0.717) is 24.8 Å². The number of thioether (sulfide) groups is 1. The average Bonchev–Trinajstić information content (AvgIpc) is 3.38. The molecule has 5 nitrogen and oxygen atoms in total. The SMILES string of the molecule is O=C(CSc1ccc(F)cc1)N1CCC(c2nnc(C3CC3)o2)CC1. The van der Waals surface area contributed by atoms with Gasteiger partial charge in [-0.15, -0.1) is 22.0 Å². The second-order valence-electron chi connectivity index (χ2n) is 6.65. The summed E-state index contributed by atoms with van der Waals surface area (Å²) in [7, 11) is 0. The first-order valence-corrected chi connectivity index (χ1v) is 9.67. The molecule has 1 saturated carbocycles. The van der Waals surface area contributed by atoms with E-state index in [2.05, 4.69) is 10.2 Å². The van der Waals surface area contributed by atoms with Gasteiger partial charge in [-0.05, 0) is 49.9 Å². The topological polar surface area (TPSA) is 59.2 Å². The molecule has 2 heterocycles. The number of hydrogen-bond donors (Lipinski definition) is 0. The molecule has 1 saturated heterocycles. The lowest BCUT2D eigenvalue weighted by Crippen LogP contribution is -2.39. The third kappa shape index (κ3) is 4.03. The number of aromatic nitrogens is 2.